The summed E-state index contributed by atoms with van der Waals surface area (Å²) < 4.78 is 1.66. The van der Waals surface area contributed by atoms with Crippen LogP contribution in [0.5, 0.6) is 0 Å². The lowest BCUT2D eigenvalue weighted by Crippen LogP contribution is -2.16. The van der Waals surface area contributed by atoms with Crippen LogP contribution in [0, 0.1) is 14.1 Å². The third kappa shape index (κ3) is 3.73. The molecule has 0 heterocycles. The number of hydrogen-bond acceptors (Lipinski definition) is 2. The number of rotatable bonds is 3. The SMILES string of the molecule is Cc1cccc(C(=O)Nc2ccc(I)cc2C(=O)O)c1I. The second-order valence-electron chi connectivity index (χ2n) is 4.39. The molecule has 0 atom stereocenters. The molecule has 4 nitrogen and oxygen atoms in total. The lowest BCUT2D eigenvalue weighted by Gasteiger charge is -2.11. The molecular weight excluding hydrogens is 496 g/mol. The molecule has 2 rings (SSSR count). The van der Waals surface area contributed by atoms with Crippen LogP contribution in [0.15, 0.2) is 36.4 Å². The molecule has 2 aromatic rings. The van der Waals surface area contributed by atoms with Gasteiger partial charge in [0.1, 0.15) is 0 Å². The molecule has 2 aromatic carbocycles. The molecule has 0 spiro atoms. The van der Waals surface area contributed by atoms with Gasteiger partial charge in [-0.1, -0.05) is 12.1 Å². The minimum absolute atomic E-state index is 0.0814. The molecule has 1 amide bonds. The van der Waals surface area contributed by atoms with Gasteiger partial charge in [0.25, 0.3) is 5.91 Å². The van der Waals surface area contributed by atoms with E-state index >= 15 is 0 Å². The topological polar surface area (TPSA) is 66.4 Å². The Labute approximate surface area is 149 Å². The van der Waals surface area contributed by atoms with Gasteiger partial charge in [0.05, 0.1) is 16.8 Å². The van der Waals surface area contributed by atoms with Crippen molar-refractivity contribution in [2.75, 3.05) is 5.32 Å². The van der Waals surface area contributed by atoms with E-state index in [0.717, 1.165) is 12.7 Å². The number of carboxylic acid groups (broad SMARTS) is 1. The fourth-order valence-corrected chi connectivity index (χ4v) is 2.91. The maximum Gasteiger partial charge on any atom is 0.337 e. The van der Waals surface area contributed by atoms with Crippen LogP contribution < -0.4 is 5.32 Å². The number of carboxylic acids is 1. The van der Waals surface area contributed by atoms with Gasteiger partial charge in [-0.05, 0) is 81.9 Å². The van der Waals surface area contributed by atoms with Crippen molar-refractivity contribution in [1.82, 2.24) is 0 Å². The van der Waals surface area contributed by atoms with E-state index in [2.05, 4.69) is 27.9 Å². The Morgan fingerprint density at radius 1 is 1.10 bits per heavy atom. The highest BCUT2D eigenvalue weighted by Crippen LogP contribution is 2.22. The number of aryl methyl sites for hydroxylation is 1. The second-order valence-corrected chi connectivity index (χ2v) is 6.71. The summed E-state index contributed by atoms with van der Waals surface area (Å²) in [4.78, 5) is 23.6. The largest absolute Gasteiger partial charge is 0.478 e. The third-order valence-electron chi connectivity index (χ3n) is 2.90. The molecule has 0 aliphatic carbocycles. The van der Waals surface area contributed by atoms with Crippen molar-refractivity contribution in [1.29, 1.82) is 0 Å². The molecule has 0 aromatic heterocycles. The number of hydrogen-bond donors (Lipinski definition) is 2. The molecule has 0 radical (unpaired) electrons. The molecule has 0 unspecified atom stereocenters. The lowest BCUT2D eigenvalue weighted by atomic mass is 10.1. The lowest BCUT2D eigenvalue weighted by molar-refractivity contribution is 0.0698. The standard InChI is InChI=1S/C15H11I2NO3/c1-8-3-2-4-10(13(8)17)14(19)18-12-6-5-9(16)7-11(12)15(20)21/h2-7H,1H3,(H,18,19)(H,20,21). The van der Waals surface area contributed by atoms with Crippen molar-refractivity contribution in [3.05, 3.63) is 60.2 Å². The number of anilines is 1. The summed E-state index contributed by atoms with van der Waals surface area (Å²) in [6.07, 6.45) is 0. The fraction of sp³-hybridized carbons (Fsp3) is 0.0667. The Morgan fingerprint density at radius 2 is 1.81 bits per heavy atom. The molecule has 0 saturated heterocycles. The zero-order valence-corrected chi connectivity index (χ0v) is 15.3. The van der Waals surface area contributed by atoms with Crippen LogP contribution in [0.4, 0.5) is 5.69 Å². The first-order valence-corrected chi connectivity index (χ1v) is 8.15. The highest BCUT2D eigenvalue weighted by molar-refractivity contribution is 14.1. The molecule has 21 heavy (non-hydrogen) atoms. The van der Waals surface area contributed by atoms with Crippen LogP contribution in [0.1, 0.15) is 26.3 Å². The maximum atomic E-state index is 12.3. The summed E-state index contributed by atoms with van der Waals surface area (Å²) in [6, 6.07) is 10.3. The molecule has 0 bridgehead atoms. The van der Waals surface area contributed by atoms with Gasteiger partial charge in [-0.15, -0.1) is 0 Å². The quantitative estimate of drug-likeness (QED) is 0.614. The fourth-order valence-electron chi connectivity index (χ4n) is 1.81. The van der Waals surface area contributed by atoms with Gasteiger partial charge in [-0.3, -0.25) is 4.79 Å². The van der Waals surface area contributed by atoms with E-state index < -0.39 is 5.97 Å². The molecule has 108 valence electrons. The molecule has 6 heteroatoms. The number of halogens is 2. The van der Waals surface area contributed by atoms with Gasteiger partial charge in [-0.2, -0.15) is 0 Å². The van der Waals surface area contributed by atoms with E-state index in [1.807, 2.05) is 35.6 Å². The average molecular weight is 507 g/mol. The smallest absolute Gasteiger partial charge is 0.337 e. The Balaban J connectivity index is 2.36. The predicted molar refractivity (Wildman–Crippen MR) is 98.0 cm³/mol. The van der Waals surface area contributed by atoms with Gasteiger partial charge in [-0.25, -0.2) is 4.79 Å². The number of benzene rings is 2. The van der Waals surface area contributed by atoms with Crippen LogP contribution in [0.2, 0.25) is 0 Å². The van der Waals surface area contributed by atoms with Gasteiger partial charge in [0.2, 0.25) is 0 Å². The minimum Gasteiger partial charge on any atom is -0.478 e. The van der Waals surface area contributed by atoms with Crippen molar-refractivity contribution in [2.24, 2.45) is 0 Å². The number of carbonyl (C=O) groups excluding carboxylic acids is 1. The van der Waals surface area contributed by atoms with Crippen molar-refractivity contribution in [3.8, 4) is 0 Å². The summed E-state index contributed by atoms with van der Waals surface area (Å²) in [5, 5.41) is 11.9. The zero-order chi connectivity index (χ0) is 15.6. The zero-order valence-electron chi connectivity index (χ0n) is 11.0. The Morgan fingerprint density at radius 3 is 2.48 bits per heavy atom. The third-order valence-corrected chi connectivity index (χ3v) is 5.00. The Kier molecular flexibility index (Phi) is 5.20. The van der Waals surface area contributed by atoms with Crippen LogP contribution in [-0.4, -0.2) is 17.0 Å². The summed E-state index contributed by atoms with van der Waals surface area (Å²) in [7, 11) is 0. The number of carbonyl (C=O) groups is 2. The second kappa shape index (κ2) is 6.73. The van der Waals surface area contributed by atoms with Crippen LogP contribution >= 0.6 is 45.2 Å². The van der Waals surface area contributed by atoms with Crippen molar-refractivity contribution in [3.63, 3.8) is 0 Å². The van der Waals surface area contributed by atoms with E-state index in [1.165, 1.54) is 6.07 Å². The van der Waals surface area contributed by atoms with E-state index in [0.29, 0.717) is 11.3 Å². The average Bonchev–Trinajstić information content (AvgIpc) is 2.43. The van der Waals surface area contributed by atoms with Crippen LogP contribution in [-0.2, 0) is 0 Å². The number of nitrogens with one attached hydrogen (secondary N) is 1. The molecule has 0 saturated carbocycles. The van der Waals surface area contributed by atoms with Gasteiger partial charge in [0, 0.05) is 7.14 Å². The van der Waals surface area contributed by atoms with Crippen molar-refractivity contribution in [2.45, 2.75) is 6.92 Å². The predicted octanol–water partition coefficient (Wildman–Crippen LogP) is 4.15. The van der Waals surface area contributed by atoms with E-state index in [9.17, 15) is 14.7 Å². The van der Waals surface area contributed by atoms with Crippen molar-refractivity contribution < 1.29 is 14.7 Å². The maximum absolute atomic E-state index is 12.3. The molecule has 0 fully saturated rings. The monoisotopic (exact) mass is 507 g/mol. The molecule has 2 N–H and O–H groups in total. The first-order chi connectivity index (χ1) is 9.90. The summed E-state index contributed by atoms with van der Waals surface area (Å²) in [5.41, 5.74) is 1.91. The minimum atomic E-state index is -1.07. The van der Waals surface area contributed by atoms with E-state index in [-0.39, 0.29) is 11.5 Å². The van der Waals surface area contributed by atoms with Crippen LogP contribution in [0.3, 0.4) is 0 Å². The molecule has 0 aliphatic heterocycles. The number of aromatic carboxylic acids is 1. The van der Waals surface area contributed by atoms with E-state index in [4.69, 9.17) is 0 Å². The summed E-state index contributed by atoms with van der Waals surface area (Å²) in [5.74, 6) is -1.38. The Hall–Kier alpha value is -1.16. The normalized spacial score (nSPS) is 10.2. The first-order valence-electron chi connectivity index (χ1n) is 5.99. The first kappa shape index (κ1) is 16.2. The van der Waals surface area contributed by atoms with Crippen molar-refractivity contribution >= 4 is 62.7 Å². The summed E-state index contributed by atoms with van der Waals surface area (Å²) in [6.45, 7) is 1.92. The van der Waals surface area contributed by atoms with E-state index in [1.54, 1.807) is 24.3 Å². The highest BCUT2D eigenvalue weighted by atomic mass is 127. The van der Waals surface area contributed by atoms with Gasteiger partial charge < -0.3 is 10.4 Å². The van der Waals surface area contributed by atoms with Gasteiger partial charge >= 0.3 is 5.97 Å². The Bertz CT molecular complexity index is 729. The van der Waals surface area contributed by atoms with Gasteiger partial charge in [0.15, 0.2) is 0 Å². The molecular formula is C15H11I2NO3. The number of amides is 1. The van der Waals surface area contributed by atoms with Crippen LogP contribution in [0.25, 0.3) is 0 Å². The summed E-state index contributed by atoms with van der Waals surface area (Å²) >= 11 is 4.14. The molecule has 0 aliphatic rings. The highest BCUT2D eigenvalue weighted by Gasteiger charge is 2.16.